The van der Waals surface area contributed by atoms with Gasteiger partial charge in [0.25, 0.3) is 0 Å². The molecule has 76 valence electrons. The minimum absolute atomic E-state index is 0.268. The van der Waals surface area contributed by atoms with Gasteiger partial charge in [-0.15, -0.1) is 0 Å². The zero-order chi connectivity index (χ0) is 9.97. The molecule has 1 saturated heterocycles. The van der Waals surface area contributed by atoms with Crippen molar-refractivity contribution < 1.29 is 4.74 Å². The Morgan fingerprint density at radius 1 is 1.57 bits per heavy atom. The summed E-state index contributed by atoms with van der Waals surface area (Å²) < 4.78 is 5.46. The van der Waals surface area contributed by atoms with E-state index < -0.39 is 0 Å². The summed E-state index contributed by atoms with van der Waals surface area (Å²) in [5.74, 6) is 0.938. The van der Waals surface area contributed by atoms with Gasteiger partial charge in [-0.25, -0.2) is 4.98 Å². The standard InChI is InChI=1S/C10H13ClN2O/c1-8-7-13(5-6-14-8)10-4-2-3-9(11)12-10/h2-4,8H,5-7H2,1H3. The molecule has 0 saturated carbocycles. The van der Waals surface area contributed by atoms with E-state index in [1.54, 1.807) is 6.07 Å². The van der Waals surface area contributed by atoms with E-state index in [2.05, 4.69) is 16.8 Å². The first-order valence-electron chi connectivity index (χ1n) is 4.75. The van der Waals surface area contributed by atoms with Crippen LogP contribution in [-0.4, -0.2) is 30.8 Å². The minimum atomic E-state index is 0.268. The smallest absolute Gasteiger partial charge is 0.131 e. The van der Waals surface area contributed by atoms with Crippen molar-refractivity contribution >= 4 is 17.4 Å². The molecule has 0 spiro atoms. The summed E-state index contributed by atoms with van der Waals surface area (Å²) in [7, 11) is 0. The lowest BCUT2D eigenvalue weighted by Crippen LogP contribution is -2.41. The largest absolute Gasteiger partial charge is 0.375 e. The van der Waals surface area contributed by atoms with E-state index in [9.17, 15) is 0 Å². The summed E-state index contributed by atoms with van der Waals surface area (Å²) in [6.45, 7) is 4.59. The Balaban J connectivity index is 2.14. The maximum Gasteiger partial charge on any atom is 0.131 e. The number of nitrogens with zero attached hydrogens (tertiary/aromatic N) is 2. The Morgan fingerprint density at radius 3 is 3.14 bits per heavy atom. The predicted octanol–water partition coefficient (Wildman–Crippen LogP) is 1.96. The second kappa shape index (κ2) is 4.15. The molecule has 1 aliphatic rings. The van der Waals surface area contributed by atoms with Crippen LogP contribution in [0.15, 0.2) is 18.2 Å². The van der Waals surface area contributed by atoms with Gasteiger partial charge in [-0.1, -0.05) is 17.7 Å². The van der Waals surface area contributed by atoms with E-state index in [-0.39, 0.29) is 6.10 Å². The molecule has 1 aromatic rings. The van der Waals surface area contributed by atoms with E-state index in [4.69, 9.17) is 16.3 Å². The molecule has 1 unspecified atom stereocenters. The van der Waals surface area contributed by atoms with Crippen molar-refractivity contribution in [2.24, 2.45) is 0 Å². The summed E-state index contributed by atoms with van der Waals surface area (Å²) >= 11 is 5.83. The van der Waals surface area contributed by atoms with Gasteiger partial charge in [0.15, 0.2) is 0 Å². The van der Waals surface area contributed by atoms with Crippen molar-refractivity contribution in [2.45, 2.75) is 13.0 Å². The third kappa shape index (κ3) is 2.16. The van der Waals surface area contributed by atoms with Crippen LogP contribution in [0.1, 0.15) is 6.92 Å². The van der Waals surface area contributed by atoms with Gasteiger partial charge in [0.1, 0.15) is 11.0 Å². The fourth-order valence-corrected chi connectivity index (χ4v) is 1.76. The lowest BCUT2D eigenvalue weighted by molar-refractivity contribution is 0.0529. The zero-order valence-electron chi connectivity index (χ0n) is 8.11. The van der Waals surface area contributed by atoms with Crippen LogP contribution in [0.5, 0.6) is 0 Å². The minimum Gasteiger partial charge on any atom is -0.375 e. The summed E-state index contributed by atoms with van der Waals surface area (Å²) in [6.07, 6.45) is 0.268. The Kier molecular flexibility index (Phi) is 2.89. The van der Waals surface area contributed by atoms with E-state index in [1.807, 2.05) is 12.1 Å². The Bertz CT molecular complexity index is 319. The van der Waals surface area contributed by atoms with Gasteiger partial charge in [-0.2, -0.15) is 0 Å². The molecule has 2 rings (SSSR count). The maximum absolute atomic E-state index is 5.83. The fraction of sp³-hybridized carbons (Fsp3) is 0.500. The topological polar surface area (TPSA) is 25.4 Å². The highest BCUT2D eigenvalue weighted by Gasteiger charge is 2.17. The second-order valence-corrected chi connectivity index (χ2v) is 3.83. The molecule has 1 atom stereocenters. The number of rotatable bonds is 1. The number of hydrogen-bond donors (Lipinski definition) is 0. The zero-order valence-corrected chi connectivity index (χ0v) is 8.87. The molecule has 0 amide bonds. The number of aromatic nitrogens is 1. The third-order valence-corrected chi connectivity index (χ3v) is 2.48. The first-order valence-corrected chi connectivity index (χ1v) is 5.12. The Labute approximate surface area is 88.6 Å². The quantitative estimate of drug-likeness (QED) is 0.666. The molecule has 0 aromatic carbocycles. The van der Waals surface area contributed by atoms with E-state index in [1.165, 1.54) is 0 Å². The van der Waals surface area contributed by atoms with E-state index in [0.29, 0.717) is 5.15 Å². The van der Waals surface area contributed by atoms with Crippen LogP contribution in [-0.2, 0) is 4.74 Å². The van der Waals surface area contributed by atoms with Crippen molar-refractivity contribution in [3.63, 3.8) is 0 Å². The first kappa shape index (κ1) is 9.74. The van der Waals surface area contributed by atoms with Crippen LogP contribution >= 0.6 is 11.6 Å². The highest BCUT2D eigenvalue weighted by molar-refractivity contribution is 6.29. The van der Waals surface area contributed by atoms with Crippen LogP contribution in [0.4, 0.5) is 5.82 Å². The summed E-state index contributed by atoms with van der Waals surface area (Å²) in [5, 5.41) is 0.543. The predicted molar refractivity (Wildman–Crippen MR) is 56.9 cm³/mol. The molecule has 1 aromatic heterocycles. The van der Waals surface area contributed by atoms with Gasteiger partial charge in [0, 0.05) is 13.1 Å². The molecule has 0 aliphatic carbocycles. The van der Waals surface area contributed by atoms with Gasteiger partial charge in [0.2, 0.25) is 0 Å². The van der Waals surface area contributed by atoms with Gasteiger partial charge >= 0.3 is 0 Å². The van der Waals surface area contributed by atoms with Gasteiger partial charge in [0.05, 0.1) is 12.7 Å². The summed E-state index contributed by atoms with van der Waals surface area (Å²) in [5.41, 5.74) is 0. The molecule has 1 fully saturated rings. The normalized spacial score (nSPS) is 22.4. The van der Waals surface area contributed by atoms with E-state index in [0.717, 1.165) is 25.5 Å². The van der Waals surface area contributed by atoms with Crippen molar-refractivity contribution in [1.29, 1.82) is 0 Å². The molecule has 3 nitrogen and oxygen atoms in total. The molecule has 4 heteroatoms. The third-order valence-electron chi connectivity index (χ3n) is 2.27. The van der Waals surface area contributed by atoms with Crippen LogP contribution < -0.4 is 4.90 Å². The van der Waals surface area contributed by atoms with Crippen LogP contribution in [0.3, 0.4) is 0 Å². The molecular weight excluding hydrogens is 200 g/mol. The molecule has 2 heterocycles. The molecule has 14 heavy (non-hydrogen) atoms. The van der Waals surface area contributed by atoms with Crippen molar-refractivity contribution in [2.75, 3.05) is 24.6 Å². The lowest BCUT2D eigenvalue weighted by atomic mass is 10.3. The number of pyridine rings is 1. The molecule has 1 aliphatic heterocycles. The van der Waals surface area contributed by atoms with Gasteiger partial charge in [-0.05, 0) is 19.1 Å². The highest BCUT2D eigenvalue weighted by Crippen LogP contribution is 2.17. The molecular formula is C10H13ClN2O. The Hall–Kier alpha value is -0.800. The Morgan fingerprint density at radius 2 is 2.43 bits per heavy atom. The second-order valence-electron chi connectivity index (χ2n) is 3.45. The number of ether oxygens (including phenoxy) is 1. The van der Waals surface area contributed by atoms with Crippen molar-refractivity contribution in [3.8, 4) is 0 Å². The monoisotopic (exact) mass is 212 g/mol. The molecule has 0 N–H and O–H groups in total. The number of halogens is 1. The SMILES string of the molecule is CC1CN(c2cccc(Cl)n2)CCO1. The first-order chi connectivity index (χ1) is 6.75. The molecule has 0 radical (unpaired) electrons. The van der Waals surface area contributed by atoms with Crippen LogP contribution in [0.25, 0.3) is 0 Å². The fourth-order valence-electron chi connectivity index (χ4n) is 1.60. The highest BCUT2D eigenvalue weighted by atomic mass is 35.5. The van der Waals surface area contributed by atoms with Crippen molar-refractivity contribution in [1.82, 2.24) is 4.98 Å². The lowest BCUT2D eigenvalue weighted by Gasteiger charge is -2.31. The number of anilines is 1. The molecule has 0 bridgehead atoms. The number of morpholine rings is 1. The van der Waals surface area contributed by atoms with Crippen LogP contribution in [0.2, 0.25) is 5.15 Å². The van der Waals surface area contributed by atoms with Gasteiger partial charge < -0.3 is 9.64 Å². The number of hydrogen-bond acceptors (Lipinski definition) is 3. The van der Waals surface area contributed by atoms with Gasteiger partial charge in [-0.3, -0.25) is 0 Å². The van der Waals surface area contributed by atoms with Crippen molar-refractivity contribution in [3.05, 3.63) is 23.4 Å². The summed E-state index contributed by atoms with van der Waals surface area (Å²) in [6, 6.07) is 5.68. The van der Waals surface area contributed by atoms with Crippen LogP contribution in [0, 0.1) is 0 Å². The van der Waals surface area contributed by atoms with E-state index >= 15 is 0 Å². The maximum atomic E-state index is 5.83. The average molecular weight is 213 g/mol. The summed E-state index contributed by atoms with van der Waals surface area (Å²) in [4.78, 5) is 6.46. The average Bonchev–Trinajstić information content (AvgIpc) is 2.18.